The first-order valence-corrected chi connectivity index (χ1v) is 6.39. The maximum Gasteiger partial charge on any atom is 0.339 e. The average Bonchev–Trinajstić information content (AvgIpc) is 2.51. The van der Waals surface area contributed by atoms with Crippen LogP contribution in [0.1, 0.15) is 34.1 Å². The van der Waals surface area contributed by atoms with Crippen LogP contribution in [0.2, 0.25) is 0 Å². The SMILES string of the molecule is CCCNC(=O)Nc1cc(C(=O)OC)ccc1C(=O)OC. The van der Waals surface area contributed by atoms with Crippen molar-refractivity contribution in [3.63, 3.8) is 0 Å². The van der Waals surface area contributed by atoms with Crippen molar-refractivity contribution < 1.29 is 23.9 Å². The summed E-state index contributed by atoms with van der Waals surface area (Å²) in [7, 11) is 2.48. The maximum absolute atomic E-state index is 11.7. The van der Waals surface area contributed by atoms with Gasteiger partial charge in [-0.3, -0.25) is 0 Å². The lowest BCUT2D eigenvalue weighted by Gasteiger charge is -2.12. The summed E-state index contributed by atoms with van der Waals surface area (Å²) < 4.78 is 9.24. The zero-order valence-corrected chi connectivity index (χ0v) is 12.2. The second-order valence-electron chi connectivity index (χ2n) is 4.12. The molecule has 7 nitrogen and oxygen atoms in total. The van der Waals surface area contributed by atoms with Gasteiger partial charge in [0, 0.05) is 6.54 Å². The number of benzene rings is 1. The van der Waals surface area contributed by atoms with E-state index in [1.54, 1.807) is 0 Å². The molecule has 21 heavy (non-hydrogen) atoms. The number of carbonyl (C=O) groups excluding carboxylic acids is 3. The summed E-state index contributed by atoms with van der Waals surface area (Å²) >= 11 is 0. The topological polar surface area (TPSA) is 93.7 Å². The Labute approximate surface area is 122 Å². The summed E-state index contributed by atoms with van der Waals surface area (Å²) in [6, 6.07) is 3.72. The standard InChI is InChI=1S/C14H18N2O5/c1-4-7-15-14(19)16-11-8-9(12(17)20-2)5-6-10(11)13(18)21-3/h5-6,8H,4,7H2,1-3H3,(H2,15,16,19). The van der Waals surface area contributed by atoms with Gasteiger partial charge in [-0.25, -0.2) is 14.4 Å². The van der Waals surface area contributed by atoms with Gasteiger partial charge in [0.05, 0.1) is 31.0 Å². The molecule has 0 aromatic heterocycles. The molecule has 0 unspecified atom stereocenters. The Bertz CT molecular complexity index is 542. The molecule has 114 valence electrons. The van der Waals surface area contributed by atoms with Gasteiger partial charge in [-0.2, -0.15) is 0 Å². The summed E-state index contributed by atoms with van der Waals surface area (Å²) in [5.41, 5.74) is 0.547. The third-order valence-electron chi connectivity index (χ3n) is 2.63. The van der Waals surface area contributed by atoms with Gasteiger partial charge >= 0.3 is 18.0 Å². The van der Waals surface area contributed by atoms with E-state index in [4.69, 9.17) is 0 Å². The van der Waals surface area contributed by atoms with E-state index in [1.165, 1.54) is 32.4 Å². The van der Waals surface area contributed by atoms with Crippen LogP contribution in [0.3, 0.4) is 0 Å². The van der Waals surface area contributed by atoms with Crippen molar-refractivity contribution in [3.8, 4) is 0 Å². The van der Waals surface area contributed by atoms with Crippen molar-refractivity contribution >= 4 is 23.7 Å². The Morgan fingerprint density at radius 2 is 1.76 bits per heavy atom. The lowest BCUT2D eigenvalue weighted by atomic mass is 10.1. The number of methoxy groups -OCH3 is 2. The van der Waals surface area contributed by atoms with Crippen molar-refractivity contribution in [1.29, 1.82) is 0 Å². The summed E-state index contributed by atoms with van der Waals surface area (Å²) in [5.74, 6) is -1.18. The molecule has 0 aliphatic rings. The molecule has 1 aromatic rings. The number of nitrogens with one attached hydrogen (secondary N) is 2. The predicted molar refractivity (Wildman–Crippen MR) is 76.4 cm³/mol. The molecular formula is C14H18N2O5. The highest BCUT2D eigenvalue weighted by Gasteiger charge is 2.17. The molecule has 0 saturated heterocycles. The van der Waals surface area contributed by atoms with E-state index in [0.717, 1.165) is 6.42 Å². The number of hydrogen-bond acceptors (Lipinski definition) is 5. The van der Waals surface area contributed by atoms with Gasteiger partial charge in [0.1, 0.15) is 0 Å². The van der Waals surface area contributed by atoms with Crippen LogP contribution in [0.15, 0.2) is 18.2 Å². The third-order valence-corrected chi connectivity index (χ3v) is 2.63. The molecule has 0 aliphatic carbocycles. The average molecular weight is 294 g/mol. The van der Waals surface area contributed by atoms with Gasteiger partial charge in [-0.1, -0.05) is 6.92 Å². The number of carbonyl (C=O) groups is 3. The molecule has 2 N–H and O–H groups in total. The van der Waals surface area contributed by atoms with Gasteiger partial charge in [-0.05, 0) is 24.6 Å². The minimum atomic E-state index is -0.614. The monoisotopic (exact) mass is 294 g/mol. The number of urea groups is 1. The Kier molecular flexibility index (Phi) is 6.19. The fraction of sp³-hybridized carbons (Fsp3) is 0.357. The number of ether oxygens (including phenoxy) is 2. The molecule has 0 spiro atoms. The fourth-order valence-electron chi connectivity index (χ4n) is 1.59. The first-order valence-electron chi connectivity index (χ1n) is 6.39. The molecule has 1 aromatic carbocycles. The Balaban J connectivity index is 3.07. The van der Waals surface area contributed by atoms with Crippen LogP contribution in [-0.2, 0) is 9.47 Å². The maximum atomic E-state index is 11.7. The van der Waals surface area contributed by atoms with Crippen LogP contribution < -0.4 is 10.6 Å². The van der Waals surface area contributed by atoms with E-state index in [9.17, 15) is 14.4 Å². The zero-order chi connectivity index (χ0) is 15.8. The predicted octanol–water partition coefficient (Wildman–Crippen LogP) is 1.79. The molecule has 2 amide bonds. The van der Waals surface area contributed by atoms with Gasteiger partial charge in [0.25, 0.3) is 0 Å². The van der Waals surface area contributed by atoms with E-state index < -0.39 is 18.0 Å². The van der Waals surface area contributed by atoms with Gasteiger partial charge in [0.2, 0.25) is 0 Å². The van der Waals surface area contributed by atoms with E-state index in [2.05, 4.69) is 20.1 Å². The molecule has 0 fully saturated rings. The second kappa shape index (κ2) is 7.88. The lowest BCUT2D eigenvalue weighted by Crippen LogP contribution is -2.30. The lowest BCUT2D eigenvalue weighted by molar-refractivity contribution is 0.0587. The highest BCUT2D eigenvalue weighted by Crippen LogP contribution is 2.19. The summed E-state index contributed by atoms with van der Waals surface area (Å²) in [4.78, 5) is 34.9. The minimum absolute atomic E-state index is 0.150. The van der Waals surface area contributed by atoms with Gasteiger partial charge in [-0.15, -0.1) is 0 Å². The van der Waals surface area contributed by atoms with Crippen LogP contribution in [0.5, 0.6) is 0 Å². The number of anilines is 1. The summed E-state index contributed by atoms with van der Waals surface area (Å²) in [6.45, 7) is 2.41. The van der Waals surface area contributed by atoms with Gasteiger partial charge in [0.15, 0.2) is 0 Å². The van der Waals surface area contributed by atoms with Crippen molar-refractivity contribution in [3.05, 3.63) is 29.3 Å². The first-order chi connectivity index (χ1) is 10.0. The second-order valence-corrected chi connectivity index (χ2v) is 4.12. The highest BCUT2D eigenvalue weighted by molar-refractivity contribution is 6.03. The van der Waals surface area contributed by atoms with Crippen molar-refractivity contribution in [1.82, 2.24) is 5.32 Å². The molecule has 0 atom stereocenters. The summed E-state index contributed by atoms with van der Waals surface area (Å²) in [6.07, 6.45) is 0.777. The number of rotatable bonds is 5. The number of hydrogen-bond donors (Lipinski definition) is 2. The van der Waals surface area contributed by atoms with Crippen molar-refractivity contribution in [2.45, 2.75) is 13.3 Å². The normalized spacial score (nSPS) is 9.67. The van der Waals surface area contributed by atoms with Gasteiger partial charge < -0.3 is 20.1 Å². The van der Waals surface area contributed by atoms with E-state index in [1.807, 2.05) is 6.92 Å². The molecule has 0 heterocycles. The molecule has 0 aliphatic heterocycles. The Morgan fingerprint density at radius 1 is 1.10 bits per heavy atom. The number of amides is 2. The Morgan fingerprint density at radius 3 is 2.33 bits per heavy atom. The highest BCUT2D eigenvalue weighted by atomic mass is 16.5. The smallest absolute Gasteiger partial charge is 0.339 e. The molecule has 0 bridgehead atoms. The fourth-order valence-corrected chi connectivity index (χ4v) is 1.59. The zero-order valence-electron chi connectivity index (χ0n) is 12.2. The third kappa shape index (κ3) is 4.48. The van der Waals surface area contributed by atoms with Crippen LogP contribution >= 0.6 is 0 Å². The summed E-state index contributed by atoms with van der Waals surface area (Å²) in [5, 5.41) is 5.13. The van der Waals surface area contributed by atoms with E-state index in [0.29, 0.717) is 6.54 Å². The van der Waals surface area contributed by atoms with Crippen LogP contribution in [0.4, 0.5) is 10.5 Å². The number of esters is 2. The van der Waals surface area contributed by atoms with Crippen LogP contribution in [0.25, 0.3) is 0 Å². The molecular weight excluding hydrogens is 276 g/mol. The molecule has 7 heteroatoms. The molecule has 1 rings (SSSR count). The largest absolute Gasteiger partial charge is 0.465 e. The quantitative estimate of drug-likeness (QED) is 0.807. The van der Waals surface area contributed by atoms with Crippen molar-refractivity contribution in [2.24, 2.45) is 0 Å². The minimum Gasteiger partial charge on any atom is -0.465 e. The van der Waals surface area contributed by atoms with E-state index >= 15 is 0 Å². The van der Waals surface area contributed by atoms with Crippen molar-refractivity contribution in [2.75, 3.05) is 26.1 Å². The Hall–Kier alpha value is -2.57. The van der Waals surface area contributed by atoms with Crippen LogP contribution in [0, 0.1) is 0 Å². The first kappa shape index (κ1) is 16.5. The molecule has 0 saturated carbocycles. The van der Waals surface area contributed by atoms with E-state index in [-0.39, 0.29) is 16.8 Å². The van der Waals surface area contributed by atoms with Crippen LogP contribution in [-0.4, -0.2) is 38.7 Å². The molecule has 0 radical (unpaired) electrons.